The molecule has 0 aromatic carbocycles. The van der Waals surface area contributed by atoms with Crippen molar-refractivity contribution >= 4 is 11.6 Å². The van der Waals surface area contributed by atoms with Gasteiger partial charge in [0, 0.05) is 44.2 Å². The van der Waals surface area contributed by atoms with Gasteiger partial charge >= 0.3 is 0 Å². The summed E-state index contributed by atoms with van der Waals surface area (Å²) < 4.78 is 0. The monoisotopic (exact) mass is 364 g/mol. The van der Waals surface area contributed by atoms with Gasteiger partial charge in [0.1, 0.15) is 6.33 Å². The summed E-state index contributed by atoms with van der Waals surface area (Å²) in [5, 5.41) is 3.47. The maximum atomic E-state index is 12.9. The van der Waals surface area contributed by atoms with E-state index >= 15 is 0 Å². The van der Waals surface area contributed by atoms with Crippen molar-refractivity contribution in [1.29, 1.82) is 0 Å². The number of aryl methyl sites for hydroxylation is 1. The van der Waals surface area contributed by atoms with Crippen LogP contribution in [0.1, 0.15) is 34.5 Å². The van der Waals surface area contributed by atoms with Crippen LogP contribution in [0.5, 0.6) is 0 Å². The average Bonchev–Trinajstić information content (AvgIpc) is 3.09. The molecule has 7 nitrogen and oxygen atoms in total. The second-order valence-corrected chi connectivity index (χ2v) is 7.83. The van der Waals surface area contributed by atoms with E-state index in [1.807, 2.05) is 17.3 Å². The fraction of sp³-hybridized carbons (Fsp3) is 0.500. The summed E-state index contributed by atoms with van der Waals surface area (Å²) in [5.74, 6) is 0.656. The van der Waals surface area contributed by atoms with E-state index in [9.17, 15) is 4.79 Å². The molecule has 1 fully saturated rings. The van der Waals surface area contributed by atoms with Crippen molar-refractivity contribution in [3.63, 3.8) is 0 Å². The number of rotatable bonds is 3. The molecule has 0 radical (unpaired) electrons. The summed E-state index contributed by atoms with van der Waals surface area (Å²) in [6, 6.07) is 0. The molecule has 1 N–H and O–H groups in total. The Balaban J connectivity index is 1.23. The Morgan fingerprint density at radius 2 is 2.00 bits per heavy atom. The number of pyridine rings is 1. The van der Waals surface area contributed by atoms with Gasteiger partial charge in [-0.05, 0) is 36.6 Å². The molecule has 7 heteroatoms. The summed E-state index contributed by atoms with van der Waals surface area (Å²) in [4.78, 5) is 30.0. The first kappa shape index (κ1) is 16.6. The Morgan fingerprint density at radius 3 is 2.81 bits per heavy atom. The molecule has 140 valence electrons. The minimum absolute atomic E-state index is 0.247. The van der Waals surface area contributed by atoms with E-state index < -0.39 is 0 Å². The predicted octanol–water partition coefficient (Wildman–Crippen LogP) is 1.19. The van der Waals surface area contributed by atoms with Crippen LogP contribution in [0.2, 0.25) is 0 Å². The van der Waals surface area contributed by atoms with Crippen molar-refractivity contribution in [3.8, 4) is 0 Å². The summed E-state index contributed by atoms with van der Waals surface area (Å²) in [6.07, 6.45) is 6.84. The van der Waals surface area contributed by atoms with Crippen LogP contribution in [0.3, 0.4) is 0 Å². The number of hydrogen-bond acceptors (Lipinski definition) is 6. The standard InChI is InChI=1S/C20H24N6O/c1-13-16-2-3-21-7-17(16)18-10-26(11-19(18)24-13)20(27)4-14-8-25(9-14)15-5-22-12-23-6-15/h5-6,12,14,21H,2-4,7-11H2,1H3. The molecule has 3 aliphatic rings. The van der Waals surface area contributed by atoms with Crippen molar-refractivity contribution < 1.29 is 4.79 Å². The first-order chi connectivity index (χ1) is 13.2. The van der Waals surface area contributed by atoms with Gasteiger partial charge in [-0.1, -0.05) is 0 Å². The van der Waals surface area contributed by atoms with Crippen LogP contribution in [0.4, 0.5) is 5.69 Å². The maximum absolute atomic E-state index is 12.9. The molecule has 0 spiro atoms. The summed E-state index contributed by atoms with van der Waals surface area (Å²) in [5.41, 5.74) is 7.33. The Bertz CT molecular complexity index is 878. The molecule has 0 unspecified atom stereocenters. The minimum Gasteiger partial charge on any atom is -0.368 e. The first-order valence-corrected chi connectivity index (χ1v) is 9.67. The van der Waals surface area contributed by atoms with Crippen LogP contribution in [-0.2, 0) is 30.8 Å². The summed E-state index contributed by atoms with van der Waals surface area (Å²) in [6.45, 7) is 7.19. The molecular formula is C20H24N6O. The van der Waals surface area contributed by atoms with Crippen LogP contribution in [0, 0.1) is 12.8 Å². The second kappa shape index (κ2) is 6.56. The van der Waals surface area contributed by atoms with Gasteiger partial charge in [0.15, 0.2) is 0 Å². The van der Waals surface area contributed by atoms with Gasteiger partial charge in [-0.3, -0.25) is 9.78 Å². The van der Waals surface area contributed by atoms with Gasteiger partial charge in [0.2, 0.25) is 5.91 Å². The maximum Gasteiger partial charge on any atom is 0.223 e. The van der Waals surface area contributed by atoms with E-state index in [0.29, 0.717) is 25.4 Å². The van der Waals surface area contributed by atoms with Crippen LogP contribution in [0.25, 0.3) is 0 Å². The number of carbonyl (C=O) groups excluding carboxylic acids is 1. The van der Waals surface area contributed by atoms with E-state index in [1.54, 1.807) is 6.33 Å². The molecule has 1 saturated heterocycles. The van der Waals surface area contributed by atoms with Gasteiger partial charge in [-0.2, -0.15) is 0 Å². The molecule has 1 amide bonds. The lowest BCUT2D eigenvalue weighted by molar-refractivity contribution is -0.133. The highest BCUT2D eigenvalue weighted by Gasteiger charge is 2.34. The number of hydrogen-bond donors (Lipinski definition) is 1. The minimum atomic E-state index is 0.247. The summed E-state index contributed by atoms with van der Waals surface area (Å²) in [7, 11) is 0. The number of anilines is 1. The van der Waals surface area contributed by atoms with Gasteiger partial charge in [-0.25, -0.2) is 9.97 Å². The first-order valence-electron chi connectivity index (χ1n) is 9.67. The highest BCUT2D eigenvalue weighted by atomic mass is 16.2. The fourth-order valence-electron chi connectivity index (χ4n) is 4.55. The smallest absolute Gasteiger partial charge is 0.223 e. The van der Waals surface area contributed by atoms with Gasteiger partial charge in [-0.15, -0.1) is 0 Å². The van der Waals surface area contributed by atoms with Crippen LogP contribution in [0.15, 0.2) is 18.7 Å². The number of carbonyl (C=O) groups is 1. The quantitative estimate of drug-likeness (QED) is 0.882. The predicted molar refractivity (Wildman–Crippen MR) is 101 cm³/mol. The third-order valence-corrected chi connectivity index (χ3v) is 6.04. The lowest BCUT2D eigenvalue weighted by atomic mass is 9.94. The van der Waals surface area contributed by atoms with E-state index in [4.69, 9.17) is 4.98 Å². The van der Waals surface area contributed by atoms with Crippen LogP contribution < -0.4 is 10.2 Å². The number of fused-ring (bicyclic) bond motifs is 3. The average molecular weight is 364 g/mol. The molecule has 3 aliphatic heterocycles. The van der Waals surface area contributed by atoms with E-state index in [2.05, 4.69) is 27.1 Å². The molecule has 5 heterocycles. The van der Waals surface area contributed by atoms with Gasteiger partial charge < -0.3 is 15.1 Å². The zero-order chi connectivity index (χ0) is 18.4. The zero-order valence-corrected chi connectivity index (χ0v) is 15.6. The Morgan fingerprint density at radius 1 is 1.19 bits per heavy atom. The van der Waals surface area contributed by atoms with Crippen molar-refractivity contribution in [2.75, 3.05) is 24.5 Å². The molecule has 0 saturated carbocycles. The van der Waals surface area contributed by atoms with Crippen molar-refractivity contribution in [1.82, 2.24) is 25.2 Å². The Labute approximate surface area is 158 Å². The highest BCUT2D eigenvalue weighted by molar-refractivity contribution is 5.77. The van der Waals surface area contributed by atoms with Crippen molar-refractivity contribution in [2.24, 2.45) is 5.92 Å². The van der Waals surface area contributed by atoms with Crippen molar-refractivity contribution in [2.45, 2.75) is 39.4 Å². The lowest BCUT2D eigenvalue weighted by Crippen LogP contribution is -2.48. The number of nitrogens with zero attached hydrogens (tertiary/aromatic N) is 5. The van der Waals surface area contributed by atoms with Crippen molar-refractivity contribution in [3.05, 3.63) is 46.8 Å². The Hall–Kier alpha value is -2.54. The molecule has 27 heavy (non-hydrogen) atoms. The van der Waals surface area contributed by atoms with Crippen LogP contribution in [-0.4, -0.2) is 45.4 Å². The molecule has 0 atom stereocenters. The molecule has 0 aliphatic carbocycles. The third-order valence-electron chi connectivity index (χ3n) is 6.04. The largest absolute Gasteiger partial charge is 0.368 e. The SMILES string of the molecule is Cc1nc2c(c3c1CCNC3)CN(C(=O)CC1CN(c3cncnc3)C1)C2. The zero-order valence-electron chi connectivity index (χ0n) is 15.6. The van der Waals surface area contributed by atoms with E-state index in [1.165, 1.54) is 16.7 Å². The molecule has 0 bridgehead atoms. The van der Waals surface area contributed by atoms with E-state index in [0.717, 1.165) is 49.7 Å². The number of amides is 1. The third kappa shape index (κ3) is 2.96. The van der Waals surface area contributed by atoms with Gasteiger partial charge in [0.25, 0.3) is 0 Å². The topological polar surface area (TPSA) is 74.2 Å². The molecule has 2 aromatic rings. The van der Waals surface area contributed by atoms with Gasteiger partial charge in [0.05, 0.1) is 30.3 Å². The lowest BCUT2D eigenvalue weighted by Gasteiger charge is -2.40. The Kier molecular flexibility index (Phi) is 4.04. The summed E-state index contributed by atoms with van der Waals surface area (Å²) >= 11 is 0. The highest BCUT2D eigenvalue weighted by Crippen LogP contribution is 2.32. The fourth-order valence-corrected chi connectivity index (χ4v) is 4.55. The molecule has 5 rings (SSSR count). The molecule has 2 aromatic heterocycles. The normalized spacial score (nSPS) is 18.9. The number of aromatic nitrogens is 3. The second-order valence-electron chi connectivity index (χ2n) is 7.83. The van der Waals surface area contributed by atoms with Crippen LogP contribution >= 0.6 is 0 Å². The number of nitrogens with one attached hydrogen (secondary N) is 1. The molecular weight excluding hydrogens is 340 g/mol. The van der Waals surface area contributed by atoms with E-state index in [-0.39, 0.29) is 5.91 Å².